The fourth-order valence-electron chi connectivity index (χ4n) is 3.16. The summed E-state index contributed by atoms with van der Waals surface area (Å²) in [6, 6.07) is 5.91. The summed E-state index contributed by atoms with van der Waals surface area (Å²) in [7, 11) is 3.27. The maximum atomic E-state index is 5.29. The van der Waals surface area contributed by atoms with Crippen molar-refractivity contribution >= 4 is 11.0 Å². The third-order valence-corrected chi connectivity index (χ3v) is 4.64. The number of nitrogens with zero attached hydrogens (tertiary/aromatic N) is 4. The Morgan fingerprint density at radius 2 is 1.79 bits per heavy atom. The molecule has 0 saturated carbocycles. The Morgan fingerprint density at radius 3 is 2.57 bits per heavy atom. The second-order valence-corrected chi connectivity index (χ2v) is 6.44. The Balaban J connectivity index is 1.45. The van der Waals surface area contributed by atoms with Gasteiger partial charge in [-0.05, 0) is 29.7 Å². The van der Waals surface area contributed by atoms with Crippen LogP contribution in [0, 0.1) is 0 Å². The van der Waals surface area contributed by atoms with Gasteiger partial charge in [0.25, 0.3) is 0 Å². The summed E-state index contributed by atoms with van der Waals surface area (Å²) in [4.78, 5) is 20.8. The van der Waals surface area contributed by atoms with Crippen molar-refractivity contribution in [2.24, 2.45) is 0 Å². The van der Waals surface area contributed by atoms with Gasteiger partial charge in [-0.2, -0.15) is 0 Å². The number of rotatable bonds is 7. The molecule has 0 bridgehead atoms. The highest BCUT2D eigenvalue weighted by atomic mass is 16.5. The summed E-state index contributed by atoms with van der Waals surface area (Å²) in [5.74, 6) is 2.20. The second-order valence-electron chi connectivity index (χ2n) is 6.44. The Morgan fingerprint density at radius 1 is 0.929 bits per heavy atom. The smallest absolute Gasteiger partial charge is 0.216 e. The van der Waals surface area contributed by atoms with E-state index in [2.05, 4.69) is 24.9 Å². The van der Waals surface area contributed by atoms with Crippen LogP contribution in [-0.2, 0) is 19.3 Å². The molecule has 0 amide bonds. The maximum Gasteiger partial charge on any atom is 0.216 e. The van der Waals surface area contributed by atoms with Gasteiger partial charge in [-0.3, -0.25) is 0 Å². The van der Waals surface area contributed by atoms with Gasteiger partial charge < -0.3 is 14.5 Å². The van der Waals surface area contributed by atoms with Crippen molar-refractivity contribution in [2.45, 2.75) is 19.3 Å². The van der Waals surface area contributed by atoms with Crippen LogP contribution in [0.5, 0.6) is 11.6 Å². The third kappa shape index (κ3) is 3.78. The minimum atomic E-state index is 0.655. The van der Waals surface area contributed by atoms with Crippen LogP contribution in [0.2, 0.25) is 0 Å². The number of pyridine rings is 2. The number of ether oxygens (including phenoxy) is 2. The second kappa shape index (κ2) is 8.04. The average Bonchev–Trinajstić information content (AvgIpc) is 3.15. The first-order chi connectivity index (χ1) is 13.8. The van der Waals surface area contributed by atoms with Crippen molar-refractivity contribution in [1.82, 2.24) is 24.9 Å². The van der Waals surface area contributed by atoms with Crippen LogP contribution in [0.3, 0.4) is 0 Å². The molecule has 7 nitrogen and oxygen atoms in total. The zero-order valence-electron chi connectivity index (χ0n) is 15.8. The molecule has 0 aliphatic heterocycles. The number of aromatic amines is 1. The third-order valence-electron chi connectivity index (χ3n) is 4.64. The lowest BCUT2D eigenvalue weighted by Gasteiger charge is -2.06. The number of aryl methyl sites for hydroxylation is 2. The van der Waals surface area contributed by atoms with Gasteiger partial charge in [-0.15, -0.1) is 0 Å². The summed E-state index contributed by atoms with van der Waals surface area (Å²) < 4.78 is 10.6. The SMILES string of the molecule is COc1cnc2[nH]cc(Cc3cnc(CCc4cccnc4OC)nc3)c2c1. The van der Waals surface area contributed by atoms with Crippen molar-refractivity contribution in [1.29, 1.82) is 0 Å². The number of fused-ring (bicyclic) bond motifs is 1. The molecule has 0 unspecified atom stereocenters. The molecule has 4 aromatic heterocycles. The zero-order valence-corrected chi connectivity index (χ0v) is 15.8. The van der Waals surface area contributed by atoms with E-state index in [4.69, 9.17) is 9.47 Å². The van der Waals surface area contributed by atoms with Crippen LogP contribution >= 0.6 is 0 Å². The molecule has 0 aliphatic rings. The molecule has 4 heterocycles. The van der Waals surface area contributed by atoms with Crippen LogP contribution in [0.25, 0.3) is 11.0 Å². The molecule has 142 valence electrons. The van der Waals surface area contributed by atoms with Gasteiger partial charge in [0.05, 0.1) is 20.4 Å². The van der Waals surface area contributed by atoms with E-state index >= 15 is 0 Å². The van der Waals surface area contributed by atoms with E-state index in [1.54, 1.807) is 26.6 Å². The average molecular weight is 375 g/mol. The van der Waals surface area contributed by atoms with Crippen LogP contribution in [0.1, 0.15) is 22.5 Å². The van der Waals surface area contributed by atoms with Crippen molar-refractivity contribution in [3.63, 3.8) is 0 Å². The molecule has 0 fully saturated rings. The Bertz CT molecular complexity index is 1080. The van der Waals surface area contributed by atoms with Crippen LogP contribution in [0.4, 0.5) is 0 Å². The van der Waals surface area contributed by atoms with E-state index in [-0.39, 0.29) is 0 Å². The molecular formula is C21H21N5O2. The molecule has 4 rings (SSSR count). The number of methoxy groups -OCH3 is 2. The number of hydrogen-bond acceptors (Lipinski definition) is 6. The molecule has 0 saturated heterocycles. The minimum absolute atomic E-state index is 0.655. The lowest BCUT2D eigenvalue weighted by Crippen LogP contribution is -2.01. The van der Waals surface area contributed by atoms with E-state index in [0.717, 1.165) is 58.6 Å². The Hall–Kier alpha value is -3.48. The molecule has 4 aromatic rings. The van der Waals surface area contributed by atoms with Crippen LogP contribution in [0.15, 0.2) is 49.2 Å². The van der Waals surface area contributed by atoms with E-state index in [0.29, 0.717) is 5.88 Å². The lowest BCUT2D eigenvalue weighted by molar-refractivity contribution is 0.392. The molecular weight excluding hydrogens is 354 g/mol. The molecule has 0 aromatic carbocycles. The summed E-state index contributed by atoms with van der Waals surface area (Å²) >= 11 is 0. The molecule has 0 radical (unpaired) electrons. The summed E-state index contributed by atoms with van der Waals surface area (Å²) in [5, 5.41) is 1.05. The molecule has 7 heteroatoms. The predicted molar refractivity (Wildman–Crippen MR) is 106 cm³/mol. The predicted octanol–water partition coefficient (Wildman–Crippen LogP) is 3.14. The summed E-state index contributed by atoms with van der Waals surface area (Å²) in [6.45, 7) is 0. The first-order valence-corrected chi connectivity index (χ1v) is 9.04. The standard InChI is InChI=1S/C21H21N5O2/c1-27-17-9-18-16(12-25-20(18)26-13-17)8-14-10-23-19(24-11-14)6-5-15-4-3-7-22-21(15)28-2/h3-4,7,9-13H,5-6,8H2,1-2H3,(H,25,26). The fourth-order valence-corrected chi connectivity index (χ4v) is 3.16. The highest BCUT2D eigenvalue weighted by molar-refractivity contribution is 5.81. The fraction of sp³-hybridized carbons (Fsp3) is 0.238. The summed E-state index contributed by atoms with van der Waals surface area (Å²) in [6.07, 6.45) is 11.4. The number of aromatic nitrogens is 5. The molecule has 28 heavy (non-hydrogen) atoms. The topological polar surface area (TPSA) is 85.8 Å². The van der Waals surface area contributed by atoms with E-state index in [1.807, 2.05) is 36.8 Å². The highest BCUT2D eigenvalue weighted by Crippen LogP contribution is 2.23. The quantitative estimate of drug-likeness (QED) is 0.534. The van der Waals surface area contributed by atoms with Crippen molar-refractivity contribution in [3.05, 3.63) is 71.7 Å². The van der Waals surface area contributed by atoms with Crippen LogP contribution in [-0.4, -0.2) is 39.1 Å². The van der Waals surface area contributed by atoms with Gasteiger partial charge >= 0.3 is 0 Å². The zero-order chi connectivity index (χ0) is 19.3. The minimum Gasteiger partial charge on any atom is -0.495 e. The molecule has 1 N–H and O–H groups in total. The van der Waals surface area contributed by atoms with Crippen LogP contribution < -0.4 is 9.47 Å². The van der Waals surface area contributed by atoms with Gasteiger partial charge in [0.2, 0.25) is 5.88 Å². The van der Waals surface area contributed by atoms with Crippen molar-refractivity contribution < 1.29 is 9.47 Å². The monoisotopic (exact) mass is 375 g/mol. The molecule has 0 atom stereocenters. The van der Waals surface area contributed by atoms with Gasteiger partial charge in [0.1, 0.15) is 17.2 Å². The first kappa shape index (κ1) is 17.9. The van der Waals surface area contributed by atoms with Gasteiger partial charge in [0.15, 0.2) is 0 Å². The number of H-pyrrole nitrogens is 1. The van der Waals surface area contributed by atoms with E-state index in [1.165, 1.54) is 0 Å². The number of hydrogen-bond donors (Lipinski definition) is 1. The Labute approximate surface area is 162 Å². The lowest BCUT2D eigenvalue weighted by atomic mass is 10.1. The van der Waals surface area contributed by atoms with Crippen molar-refractivity contribution in [2.75, 3.05) is 14.2 Å². The highest BCUT2D eigenvalue weighted by Gasteiger charge is 2.09. The van der Waals surface area contributed by atoms with Gasteiger partial charge in [-0.1, -0.05) is 6.07 Å². The summed E-state index contributed by atoms with van der Waals surface area (Å²) in [5.41, 5.74) is 4.08. The van der Waals surface area contributed by atoms with E-state index in [9.17, 15) is 0 Å². The largest absolute Gasteiger partial charge is 0.495 e. The normalized spacial score (nSPS) is 10.9. The molecule has 0 spiro atoms. The van der Waals surface area contributed by atoms with Gasteiger partial charge in [0, 0.05) is 48.6 Å². The maximum absolute atomic E-state index is 5.29. The Kier molecular flexibility index (Phi) is 5.14. The van der Waals surface area contributed by atoms with E-state index < -0.39 is 0 Å². The number of nitrogens with one attached hydrogen (secondary N) is 1. The van der Waals surface area contributed by atoms with Crippen molar-refractivity contribution in [3.8, 4) is 11.6 Å². The molecule has 0 aliphatic carbocycles. The first-order valence-electron chi connectivity index (χ1n) is 9.04. The van der Waals surface area contributed by atoms with Gasteiger partial charge in [-0.25, -0.2) is 19.9 Å².